The van der Waals surface area contributed by atoms with E-state index in [0.29, 0.717) is 23.6 Å². The van der Waals surface area contributed by atoms with Gasteiger partial charge in [-0.2, -0.15) is 5.26 Å². The molecule has 6 nitrogen and oxygen atoms in total. The number of aromatic nitrogens is 3. The molecule has 4 aromatic rings. The normalized spacial score (nSPS) is 11.5. The van der Waals surface area contributed by atoms with E-state index < -0.39 is 0 Å². The number of carbonyl (C=O) groups is 1. The van der Waals surface area contributed by atoms with Gasteiger partial charge < -0.3 is 14.3 Å². The van der Waals surface area contributed by atoms with Crippen LogP contribution in [0, 0.1) is 32.1 Å². The number of hydrogen-bond donors (Lipinski definition) is 1. The van der Waals surface area contributed by atoms with Crippen LogP contribution in [0.4, 0.5) is 0 Å². The van der Waals surface area contributed by atoms with E-state index in [0.717, 1.165) is 39.2 Å². The van der Waals surface area contributed by atoms with E-state index in [4.69, 9.17) is 4.74 Å². The lowest BCUT2D eigenvalue weighted by Crippen LogP contribution is -2.06. The van der Waals surface area contributed by atoms with Gasteiger partial charge in [-0.05, 0) is 81.3 Å². The van der Waals surface area contributed by atoms with Gasteiger partial charge in [0.1, 0.15) is 11.9 Å². The number of aryl methyl sites for hydroxylation is 2. The van der Waals surface area contributed by atoms with Crippen LogP contribution in [0.1, 0.15) is 45.6 Å². The number of aromatic amines is 1. The molecule has 0 radical (unpaired) electrons. The number of esters is 1. The number of nitrogens with one attached hydrogen (secondary N) is 1. The van der Waals surface area contributed by atoms with Gasteiger partial charge >= 0.3 is 5.97 Å². The summed E-state index contributed by atoms with van der Waals surface area (Å²) in [4.78, 5) is 20.0. The van der Waals surface area contributed by atoms with Crippen LogP contribution in [-0.2, 0) is 4.74 Å². The average molecular weight is 425 g/mol. The monoisotopic (exact) mass is 424 g/mol. The minimum absolute atomic E-state index is 0.331. The second-order valence-corrected chi connectivity index (χ2v) is 7.71. The van der Waals surface area contributed by atoms with Crippen molar-refractivity contribution in [1.82, 2.24) is 14.5 Å². The van der Waals surface area contributed by atoms with Crippen LogP contribution >= 0.6 is 0 Å². The van der Waals surface area contributed by atoms with Crippen LogP contribution in [0.25, 0.3) is 28.4 Å². The van der Waals surface area contributed by atoms with Gasteiger partial charge in [0.2, 0.25) is 0 Å². The van der Waals surface area contributed by atoms with Crippen molar-refractivity contribution in [1.29, 1.82) is 5.26 Å². The Hall–Kier alpha value is -4.11. The van der Waals surface area contributed by atoms with E-state index in [9.17, 15) is 10.1 Å². The third-order valence-electron chi connectivity index (χ3n) is 5.40. The summed E-state index contributed by atoms with van der Waals surface area (Å²) in [6.45, 7) is 8.13. The van der Waals surface area contributed by atoms with E-state index in [1.54, 1.807) is 13.0 Å². The predicted octanol–water partition coefficient (Wildman–Crippen LogP) is 5.52. The Balaban J connectivity index is 1.75. The number of nitrogens with zero attached hydrogens (tertiary/aromatic N) is 3. The molecule has 6 heteroatoms. The molecule has 0 saturated carbocycles. The first-order valence-corrected chi connectivity index (χ1v) is 10.5. The largest absolute Gasteiger partial charge is 0.462 e. The van der Waals surface area contributed by atoms with Gasteiger partial charge in [0.15, 0.2) is 0 Å². The zero-order chi connectivity index (χ0) is 22.8. The molecule has 0 saturated heterocycles. The SMILES string of the molecule is CCOC(=O)c1cccc(-n2c(C)cc(C=C(C#N)c3nc4ccc(C)cc4[nH]3)c2C)c1. The molecule has 1 N–H and O–H groups in total. The molecule has 0 fully saturated rings. The van der Waals surface area contributed by atoms with Crippen LogP contribution in [0.15, 0.2) is 48.5 Å². The number of rotatable bonds is 5. The summed E-state index contributed by atoms with van der Waals surface area (Å²) in [6, 6.07) is 17.6. The topological polar surface area (TPSA) is 83.7 Å². The highest BCUT2D eigenvalue weighted by Gasteiger charge is 2.14. The number of H-pyrrole nitrogens is 1. The van der Waals surface area contributed by atoms with Gasteiger partial charge in [-0.1, -0.05) is 12.1 Å². The van der Waals surface area contributed by atoms with Crippen LogP contribution in [0.3, 0.4) is 0 Å². The molecule has 0 aliphatic carbocycles. The summed E-state index contributed by atoms with van der Waals surface area (Å²) in [5.74, 6) is 0.200. The molecule has 0 unspecified atom stereocenters. The van der Waals surface area contributed by atoms with Crippen molar-refractivity contribution in [3.63, 3.8) is 0 Å². The molecule has 0 spiro atoms. The molecule has 0 aliphatic rings. The summed E-state index contributed by atoms with van der Waals surface area (Å²) in [5, 5.41) is 9.82. The van der Waals surface area contributed by atoms with E-state index in [2.05, 4.69) is 20.6 Å². The fourth-order valence-corrected chi connectivity index (χ4v) is 3.88. The third-order valence-corrected chi connectivity index (χ3v) is 5.40. The maximum atomic E-state index is 12.2. The number of allylic oxidation sites excluding steroid dienone is 1. The molecule has 0 bridgehead atoms. The number of ether oxygens (including phenoxy) is 1. The van der Waals surface area contributed by atoms with Crippen LogP contribution in [0.5, 0.6) is 0 Å². The maximum Gasteiger partial charge on any atom is 0.338 e. The fraction of sp³-hybridized carbons (Fsp3) is 0.192. The summed E-state index contributed by atoms with van der Waals surface area (Å²) >= 11 is 0. The lowest BCUT2D eigenvalue weighted by Gasteiger charge is -2.11. The van der Waals surface area contributed by atoms with Gasteiger partial charge in [0.05, 0.1) is 28.8 Å². The third kappa shape index (κ3) is 3.93. The van der Waals surface area contributed by atoms with Gasteiger partial charge in [-0.25, -0.2) is 9.78 Å². The van der Waals surface area contributed by atoms with Crippen LogP contribution < -0.4 is 0 Å². The van der Waals surface area contributed by atoms with Gasteiger partial charge in [-0.3, -0.25) is 0 Å². The summed E-state index contributed by atoms with van der Waals surface area (Å²) in [6.07, 6.45) is 1.85. The van der Waals surface area contributed by atoms with Gasteiger partial charge in [0.25, 0.3) is 0 Å². The van der Waals surface area contributed by atoms with Gasteiger partial charge in [0, 0.05) is 17.1 Å². The van der Waals surface area contributed by atoms with Crippen molar-refractivity contribution in [2.45, 2.75) is 27.7 Å². The molecule has 0 amide bonds. The van der Waals surface area contributed by atoms with Crippen molar-refractivity contribution < 1.29 is 9.53 Å². The fourth-order valence-electron chi connectivity index (χ4n) is 3.88. The lowest BCUT2D eigenvalue weighted by atomic mass is 10.1. The Labute approximate surface area is 186 Å². The molecule has 2 aromatic heterocycles. The first kappa shape index (κ1) is 21.1. The molecule has 2 heterocycles. The Kier molecular flexibility index (Phi) is 5.65. The number of imidazole rings is 1. The Bertz CT molecular complexity index is 1400. The van der Waals surface area contributed by atoms with Gasteiger partial charge in [-0.15, -0.1) is 0 Å². The number of carbonyl (C=O) groups excluding carboxylic acids is 1. The maximum absolute atomic E-state index is 12.2. The van der Waals surface area contributed by atoms with E-state index in [-0.39, 0.29) is 5.97 Å². The first-order chi connectivity index (χ1) is 15.4. The van der Waals surface area contributed by atoms with Crippen molar-refractivity contribution in [2.24, 2.45) is 0 Å². The van der Waals surface area contributed by atoms with E-state index >= 15 is 0 Å². The molecule has 0 atom stereocenters. The molecule has 4 rings (SSSR count). The summed E-state index contributed by atoms with van der Waals surface area (Å²) < 4.78 is 7.19. The Morgan fingerprint density at radius 2 is 2.00 bits per heavy atom. The van der Waals surface area contributed by atoms with Crippen molar-refractivity contribution in [3.05, 3.63) is 82.4 Å². The zero-order valence-corrected chi connectivity index (χ0v) is 18.6. The highest BCUT2D eigenvalue weighted by atomic mass is 16.5. The summed E-state index contributed by atoms with van der Waals surface area (Å²) in [5.41, 5.74) is 7.55. The first-order valence-electron chi connectivity index (χ1n) is 10.5. The van der Waals surface area contributed by atoms with Crippen molar-refractivity contribution in [2.75, 3.05) is 6.61 Å². The molecule has 32 heavy (non-hydrogen) atoms. The zero-order valence-electron chi connectivity index (χ0n) is 18.6. The second-order valence-electron chi connectivity index (χ2n) is 7.71. The minimum Gasteiger partial charge on any atom is -0.462 e. The minimum atomic E-state index is -0.344. The van der Waals surface area contributed by atoms with E-state index in [1.165, 1.54) is 0 Å². The molecule has 2 aromatic carbocycles. The van der Waals surface area contributed by atoms with Crippen molar-refractivity contribution >= 4 is 28.7 Å². The highest BCUT2D eigenvalue weighted by Crippen LogP contribution is 2.26. The molecular formula is C26H24N4O2. The Morgan fingerprint density at radius 1 is 1.19 bits per heavy atom. The smallest absolute Gasteiger partial charge is 0.338 e. The quantitative estimate of drug-likeness (QED) is 0.338. The second kappa shape index (κ2) is 8.56. The van der Waals surface area contributed by atoms with Crippen LogP contribution in [-0.4, -0.2) is 27.1 Å². The predicted molar refractivity (Wildman–Crippen MR) is 126 cm³/mol. The average Bonchev–Trinajstić information content (AvgIpc) is 3.31. The number of benzene rings is 2. The highest BCUT2D eigenvalue weighted by molar-refractivity contribution is 5.91. The molecular weight excluding hydrogens is 400 g/mol. The number of nitriles is 1. The Morgan fingerprint density at radius 3 is 2.75 bits per heavy atom. The van der Waals surface area contributed by atoms with Crippen molar-refractivity contribution in [3.8, 4) is 11.8 Å². The summed E-state index contributed by atoms with van der Waals surface area (Å²) in [7, 11) is 0. The van der Waals surface area contributed by atoms with E-state index in [1.807, 2.05) is 69.3 Å². The number of fused-ring (bicyclic) bond motifs is 1. The molecule has 0 aliphatic heterocycles. The van der Waals surface area contributed by atoms with Crippen LogP contribution in [0.2, 0.25) is 0 Å². The standard InChI is InChI=1S/C26H24N4O2/c1-5-32-26(31)19-7-6-8-22(14-19)30-17(3)12-20(18(30)4)13-21(15-27)25-28-23-10-9-16(2)11-24(23)29-25/h6-14H,5H2,1-4H3,(H,28,29). The lowest BCUT2D eigenvalue weighted by molar-refractivity contribution is 0.0526. The number of hydrogen-bond acceptors (Lipinski definition) is 4. The molecule has 160 valence electrons.